The van der Waals surface area contributed by atoms with Gasteiger partial charge in [0.15, 0.2) is 0 Å². The average Bonchev–Trinajstić information content (AvgIpc) is 2.81. The molecule has 3 aliphatic rings. The third-order valence-corrected chi connectivity index (χ3v) is 5.85. The Morgan fingerprint density at radius 3 is 2.29 bits per heavy atom. The van der Waals surface area contributed by atoms with Gasteiger partial charge in [0.25, 0.3) is 0 Å². The van der Waals surface area contributed by atoms with Crippen molar-refractivity contribution in [1.82, 2.24) is 4.90 Å². The molecule has 3 nitrogen and oxygen atoms in total. The van der Waals surface area contributed by atoms with Gasteiger partial charge in [0.2, 0.25) is 5.91 Å². The highest BCUT2D eigenvalue weighted by atomic mass is 16.2. The monoisotopic (exact) mass is 291 g/mol. The van der Waals surface area contributed by atoms with Crippen LogP contribution < -0.4 is 0 Å². The molecule has 21 heavy (non-hydrogen) atoms. The Hall–Kier alpha value is -0.860. The van der Waals surface area contributed by atoms with Crippen LogP contribution in [-0.2, 0) is 9.59 Å². The summed E-state index contributed by atoms with van der Waals surface area (Å²) >= 11 is 0. The molecule has 1 heterocycles. The van der Waals surface area contributed by atoms with Gasteiger partial charge in [-0.25, -0.2) is 0 Å². The Morgan fingerprint density at radius 2 is 1.57 bits per heavy atom. The highest BCUT2D eigenvalue weighted by Gasteiger charge is 2.40. The van der Waals surface area contributed by atoms with E-state index in [0.29, 0.717) is 11.7 Å². The zero-order chi connectivity index (χ0) is 14.7. The first kappa shape index (κ1) is 15.1. The molecule has 3 heteroatoms. The predicted octanol–water partition coefficient (Wildman–Crippen LogP) is 3.71. The van der Waals surface area contributed by atoms with Gasteiger partial charge < -0.3 is 4.90 Å². The number of carbonyl (C=O) groups is 2. The molecule has 0 spiro atoms. The molecule has 2 unspecified atom stereocenters. The SMILES string of the molecule is O=C1CCCCC1C1CCCN1C(=O)C1CCCCCC1. The number of hydrogen-bond donors (Lipinski definition) is 0. The molecule has 0 radical (unpaired) electrons. The van der Waals surface area contributed by atoms with Crippen molar-refractivity contribution in [3.8, 4) is 0 Å². The fourth-order valence-electron chi connectivity index (χ4n) is 4.66. The van der Waals surface area contributed by atoms with E-state index in [1.807, 2.05) is 0 Å². The molecule has 0 aromatic carbocycles. The van der Waals surface area contributed by atoms with Gasteiger partial charge in [-0.15, -0.1) is 0 Å². The fourth-order valence-corrected chi connectivity index (χ4v) is 4.66. The number of nitrogens with zero attached hydrogens (tertiary/aromatic N) is 1. The van der Waals surface area contributed by atoms with Gasteiger partial charge in [0.1, 0.15) is 5.78 Å². The zero-order valence-corrected chi connectivity index (χ0v) is 13.2. The summed E-state index contributed by atoms with van der Waals surface area (Å²) in [5, 5.41) is 0. The van der Waals surface area contributed by atoms with Gasteiger partial charge in [0, 0.05) is 30.8 Å². The second-order valence-corrected chi connectivity index (χ2v) is 7.25. The van der Waals surface area contributed by atoms with Crippen LogP contribution >= 0.6 is 0 Å². The van der Waals surface area contributed by atoms with E-state index < -0.39 is 0 Å². The number of hydrogen-bond acceptors (Lipinski definition) is 2. The van der Waals surface area contributed by atoms with Gasteiger partial charge >= 0.3 is 0 Å². The van der Waals surface area contributed by atoms with E-state index in [2.05, 4.69) is 4.90 Å². The number of Topliss-reactive ketones (excluding diaryl/α,β-unsaturated/α-hetero) is 1. The Labute approximate surface area is 128 Å². The van der Waals surface area contributed by atoms with Crippen molar-refractivity contribution < 1.29 is 9.59 Å². The Morgan fingerprint density at radius 1 is 0.857 bits per heavy atom. The number of carbonyl (C=O) groups excluding carboxylic acids is 2. The highest BCUT2D eigenvalue weighted by molar-refractivity contribution is 5.84. The maximum Gasteiger partial charge on any atom is 0.225 e. The highest BCUT2D eigenvalue weighted by Crippen LogP contribution is 2.35. The predicted molar refractivity (Wildman–Crippen MR) is 82.9 cm³/mol. The Bertz CT molecular complexity index is 385. The molecule has 1 amide bonds. The van der Waals surface area contributed by atoms with Gasteiger partial charge in [-0.3, -0.25) is 9.59 Å². The molecular formula is C18H29NO2. The fraction of sp³-hybridized carbons (Fsp3) is 0.889. The lowest BCUT2D eigenvalue weighted by molar-refractivity contribution is -0.139. The largest absolute Gasteiger partial charge is 0.339 e. The van der Waals surface area contributed by atoms with Crippen molar-refractivity contribution in [2.45, 2.75) is 83.1 Å². The summed E-state index contributed by atoms with van der Waals surface area (Å²) in [7, 11) is 0. The lowest BCUT2D eigenvalue weighted by Crippen LogP contribution is -2.46. The van der Waals surface area contributed by atoms with Crippen LogP contribution in [0.3, 0.4) is 0 Å². The van der Waals surface area contributed by atoms with Crippen LogP contribution in [0.5, 0.6) is 0 Å². The molecule has 0 bridgehead atoms. The molecule has 2 saturated carbocycles. The minimum atomic E-state index is 0.149. The first-order valence-corrected chi connectivity index (χ1v) is 9.10. The molecule has 118 valence electrons. The first-order chi connectivity index (χ1) is 10.3. The van der Waals surface area contributed by atoms with Crippen LogP contribution in [0.25, 0.3) is 0 Å². The molecule has 3 rings (SSSR count). The maximum absolute atomic E-state index is 12.9. The van der Waals surface area contributed by atoms with Crippen LogP contribution in [-0.4, -0.2) is 29.2 Å². The topological polar surface area (TPSA) is 37.4 Å². The minimum Gasteiger partial charge on any atom is -0.339 e. The van der Waals surface area contributed by atoms with Gasteiger partial charge in [-0.05, 0) is 38.5 Å². The minimum absolute atomic E-state index is 0.149. The van der Waals surface area contributed by atoms with E-state index in [0.717, 1.165) is 51.5 Å². The number of likely N-dealkylation sites (tertiary alicyclic amines) is 1. The van der Waals surface area contributed by atoms with E-state index >= 15 is 0 Å². The molecule has 0 aromatic rings. The van der Waals surface area contributed by atoms with Gasteiger partial charge in [-0.2, -0.15) is 0 Å². The second-order valence-electron chi connectivity index (χ2n) is 7.25. The van der Waals surface area contributed by atoms with E-state index in [1.54, 1.807) is 0 Å². The molecule has 0 N–H and O–H groups in total. The number of rotatable bonds is 2. The van der Waals surface area contributed by atoms with Gasteiger partial charge in [0.05, 0.1) is 0 Å². The molecule has 2 atom stereocenters. The maximum atomic E-state index is 12.9. The van der Waals surface area contributed by atoms with Crippen LogP contribution in [0.2, 0.25) is 0 Å². The molecule has 1 aliphatic heterocycles. The van der Waals surface area contributed by atoms with Gasteiger partial charge in [-0.1, -0.05) is 32.1 Å². The van der Waals surface area contributed by atoms with E-state index in [9.17, 15) is 9.59 Å². The average molecular weight is 291 g/mol. The number of amides is 1. The van der Waals surface area contributed by atoms with Crippen LogP contribution in [0.1, 0.15) is 77.0 Å². The summed E-state index contributed by atoms with van der Waals surface area (Å²) in [6.45, 7) is 0.893. The van der Waals surface area contributed by atoms with Crippen LogP contribution in [0, 0.1) is 11.8 Å². The lowest BCUT2D eigenvalue weighted by Gasteiger charge is -2.35. The lowest BCUT2D eigenvalue weighted by atomic mass is 9.81. The summed E-state index contributed by atoms with van der Waals surface area (Å²) in [6, 6.07) is 0.230. The summed E-state index contributed by atoms with van der Waals surface area (Å²) < 4.78 is 0. The van der Waals surface area contributed by atoms with E-state index in [-0.39, 0.29) is 17.9 Å². The van der Waals surface area contributed by atoms with Crippen molar-refractivity contribution in [1.29, 1.82) is 0 Å². The van der Waals surface area contributed by atoms with Crippen molar-refractivity contribution in [2.75, 3.05) is 6.54 Å². The van der Waals surface area contributed by atoms with Crippen molar-refractivity contribution in [2.24, 2.45) is 11.8 Å². The third kappa shape index (κ3) is 3.32. The zero-order valence-electron chi connectivity index (χ0n) is 13.2. The first-order valence-electron chi connectivity index (χ1n) is 9.10. The summed E-state index contributed by atoms with van der Waals surface area (Å²) in [6.07, 6.45) is 13.2. The van der Waals surface area contributed by atoms with E-state index in [4.69, 9.17) is 0 Å². The van der Waals surface area contributed by atoms with Crippen LogP contribution in [0.15, 0.2) is 0 Å². The van der Waals surface area contributed by atoms with Crippen molar-refractivity contribution in [3.63, 3.8) is 0 Å². The summed E-state index contributed by atoms with van der Waals surface area (Å²) in [5.74, 6) is 1.19. The molecule has 0 aromatic heterocycles. The third-order valence-electron chi connectivity index (χ3n) is 5.85. The number of ketones is 1. The van der Waals surface area contributed by atoms with Crippen LogP contribution in [0.4, 0.5) is 0 Å². The summed E-state index contributed by atoms with van der Waals surface area (Å²) in [5.41, 5.74) is 0. The molecule has 2 aliphatic carbocycles. The smallest absolute Gasteiger partial charge is 0.225 e. The molecular weight excluding hydrogens is 262 g/mol. The molecule has 1 saturated heterocycles. The summed E-state index contributed by atoms with van der Waals surface area (Å²) in [4.78, 5) is 27.3. The Kier molecular flexibility index (Phi) is 4.97. The molecule has 3 fully saturated rings. The standard InChI is InChI=1S/C18H29NO2/c20-17-12-6-5-10-15(17)16-11-7-13-19(16)18(21)14-8-3-1-2-4-9-14/h14-16H,1-13H2. The van der Waals surface area contributed by atoms with Crippen molar-refractivity contribution >= 4 is 11.7 Å². The normalized spacial score (nSPS) is 32.2. The quantitative estimate of drug-likeness (QED) is 0.727. The van der Waals surface area contributed by atoms with E-state index in [1.165, 1.54) is 32.1 Å². The van der Waals surface area contributed by atoms with Crippen molar-refractivity contribution in [3.05, 3.63) is 0 Å². The Balaban J connectivity index is 1.67. The second kappa shape index (κ2) is 6.93.